The monoisotopic (exact) mass is 462 g/mol. The van der Waals surface area contributed by atoms with Gasteiger partial charge in [-0.3, -0.25) is 19.1 Å². The van der Waals surface area contributed by atoms with Gasteiger partial charge in [0.1, 0.15) is 17.1 Å². The van der Waals surface area contributed by atoms with E-state index in [2.05, 4.69) is 9.97 Å². The second-order valence-corrected chi connectivity index (χ2v) is 8.20. The number of hydrogen-bond acceptors (Lipinski definition) is 7. The van der Waals surface area contributed by atoms with E-state index >= 15 is 0 Å². The van der Waals surface area contributed by atoms with Crippen LogP contribution in [0.5, 0.6) is 0 Å². The number of rotatable bonds is 8. The number of Topliss-reactive ketones (excluding diaryl/α,β-unsaturated/α-hetero) is 1. The summed E-state index contributed by atoms with van der Waals surface area (Å²) in [4.78, 5) is 43.9. The topological polar surface area (TPSA) is 124 Å². The zero-order valence-electron chi connectivity index (χ0n) is 17.9. The minimum Gasteiger partial charge on any atom is -0.431 e. The highest BCUT2D eigenvalue weighted by Gasteiger charge is 2.22. The summed E-state index contributed by atoms with van der Waals surface area (Å²) in [6, 6.07) is 19.2. The van der Waals surface area contributed by atoms with Crippen molar-refractivity contribution < 1.29 is 9.21 Å². The average molecular weight is 463 g/mol. The molecule has 0 radical (unpaired) electrons. The van der Waals surface area contributed by atoms with Crippen LogP contribution in [0.4, 0.5) is 5.82 Å². The zero-order chi connectivity index (χ0) is 23.4. The maximum absolute atomic E-state index is 12.9. The van der Waals surface area contributed by atoms with Crippen molar-refractivity contribution in [3.63, 3.8) is 0 Å². The first-order valence-corrected chi connectivity index (χ1v) is 11.4. The largest absolute Gasteiger partial charge is 0.431 e. The molecule has 3 N–H and O–H groups in total. The van der Waals surface area contributed by atoms with E-state index < -0.39 is 17.0 Å². The van der Waals surface area contributed by atoms with Gasteiger partial charge in [0.25, 0.3) is 10.8 Å². The van der Waals surface area contributed by atoms with Gasteiger partial charge < -0.3 is 10.2 Å². The molecule has 0 aliphatic heterocycles. The molecule has 168 valence electrons. The highest BCUT2D eigenvalue weighted by molar-refractivity contribution is 7.99. The maximum atomic E-state index is 12.9. The molecule has 2 aromatic heterocycles. The predicted octanol–water partition coefficient (Wildman–Crippen LogP) is 3.83. The van der Waals surface area contributed by atoms with Gasteiger partial charge in [0.2, 0.25) is 0 Å². The van der Waals surface area contributed by atoms with Gasteiger partial charge in [0.15, 0.2) is 11.5 Å². The van der Waals surface area contributed by atoms with Crippen molar-refractivity contribution in [3.05, 3.63) is 87.1 Å². The van der Waals surface area contributed by atoms with Crippen LogP contribution in [0.1, 0.15) is 23.7 Å². The molecule has 0 saturated carbocycles. The van der Waals surface area contributed by atoms with E-state index in [0.717, 1.165) is 22.9 Å². The fraction of sp³-hybridized carbons (Fsp3) is 0.167. The average Bonchev–Trinajstić information content (AvgIpc) is 3.26. The number of carbonyl (C=O) groups is 1. The van der Waals surface area contributed by atoms with Crippen molar-refractivity contribution in [1.82, 2.24) is 14.5 Å². The number of nitrogen functional groups attached to an aromatic ring is 1. The second kappa shape index (κ2) is 9.74. The van der Waals surface area contributed by atoms with Crippen LogP contribution < -0.4 is 17.0 Å². The van der Waals surface area contributed by atoms with Crippen molar-refractivity contribution in [1.29, 1.82) is 0 Å². The molecule has 2 heterocycles. The van der Waals surface area contributed by atoms with Crippen molar-refractivity contribution in [2.45, 2.75) is 25.1 Å². The molecule has 9 heteroatoms. The Bertz CT molecular complexity index is 1330. The molecule has 0 atom stereocenters. The fourth-order valence-corrected chi connectivity index (χ4v) is 4.14. The lowest BCUT2D eigenvalue weighted by Gasteiger charge is -2.10. The third-order valence-electron chi connectivity index (χ3n) is 4.98. The SMILES string of the molecule is CCCn1c(N)c(C(=O)CSc2nc(-c3ccccc3)c(-c3ccccc3)o2)c(=O)[nH]c1=O. The van der Waals surface area contributed by atoms with Crippen LogP contribution in [0.3, 0.4) is 0 Å². The molecule has 0 bridgehead atoms. The Morgan fingerprint density at radius 3 is 2.33 bits per heavy atom. The smallest absolute Gasteiger partial charge is 0.329 e. The van der Waals surface area contributed by atoms with Crippen LogP contribution in [0.15, 0.2) is 79.9 Å². The standard InChI is InChI=1S/C24H22N4O4S/c1-2-13-28-21(25)18(22(30)27-23(28)31)17(29)14-33-24-26-19(15-9-5-3-6-10-15)20(32-24)16-11-7-4-8-12-16/h3-12H,2,13-14,25H2,1H3,(H,27,30,31). The van der Waals surface area contributed by atoms with Crippen LogP contribution in [-0.4, -0.2) is 26.1 Å². The summed E-state index contributed by atoms with van der Waals surface area (Å²) in [6.45, 7) is 2.17. The van der Waals surface area contributed by atoms with Crippen LogP contribution in [0.25, 0.3) is 22.6 Å². The molecule has 0 unspecified atom stereocenters. The highest BCUT2D eigenvalue weighted by atomic mass is 32.2. The Kier molecular flexibility index (Phi) is 6.60. The first kappa shape index (κ1) is 22.3. The maximum Gasteiger partial charge on any atom is 0.329 e. The number of aromatic amines is 1. The van der Waals surface area contributed by atoms with E-state index in [9.17, 15) is 14.4 Å². The molecular weight excluding hydrogens is 440 g/mol. The Morgan fingerprint density at radius 1 is 1.06 bits per heavy atom. The van der Waals surface area contributed by atoms with Crippen LogP contribution in [-0.2, 0) is 6.54 Å². The predicted molar refractivity (Wildman–Crippen MR) is 128 cm³/mol. The normalized spacial score (nSPS) is 10.9. The minimum atomic E-state index is -0.794. The highest BCUT2D eigenvalue weighted by Crippen LogP contribution is 2.35. The summed E-state index contributed by atoms with van der Waals surface area (Å²) in [6.07, 6.45) is 0.624. The van der Waals surface area contributed by atoms with E-state index in [4.69, 9.17) is 10.2 Å². The number of nitrogens with two attached hydrogens (primary N) is 1. The number of ketones is 1. The Morgan fingerprint density at radius 2 is 1.70 bits per heavy atom. The van der Waals surface area contributed by atoms with E-state index in [-0.39, 0.29) is 22.4 Å². The van der Waals surface area contributed by atoms with Crippen molar-refractivity contribution in [2.24, 2.45) is 0 Å². The third kappa shape index (κ3) is 4.68. The fourth-order valence-electron chi connectivity index (χ4n) is 3.44. The molecule has 0 amide bonds. The van der Waals surface area contributed by atoms with Gasteiger partial charge in [-0.1, -0.05) is 79.3 Å². The van der Waals surface area contributed by atoms with Gasteiger partial charge in [0, 0.05) is 17.7 Å². The molecular formula is C24H22N4O4S. The molecule has 0 spiro atoms. The first-order chi connectivity index (χ1) is 16.0. The van der Waals surface area contributed by atoms with E-state index in [1.807, 2.05) is 67.6 Å². The van der Waals surface area contributed by atoms with Crippen molar-refractivity contribution in [3.8, 4) is 22.6 Å². The van der Waals surface area contributed by atoms with E-state index in [1.54, 1.807) is 0 Å². The van der Waals surface area contributed by atoms with Crippen LogP contribution in [0.2, 0.25) is 0 Å². The minimum absolute atomic E-state index is 0.124. The van der Waals surface area contributed by atoms with Crippen LogP contribution in [0, 0.1) is 0 Å². The van der Waals surface area contributed by atoms with Gasteiger partial charge in [-0.25, -0.2) is 9.78 Å². The Labute approximate surface area is 193 Å². The first-order valence-electron chi connectivity index (χ1n) is 10.4. The van der Waals surface area contributed by atoms with Gasteiger partial charge in [0.05, 0.1) is 5.75 Å². The number of nitrogens with zero attached hydrogens (tertiary/aromatic N) is 2. The summed E-state index contributed by atoms with van der Waals surface area (Å²) < 4.78 is 7.21. The lowest BCUT2D eigenvalue weighted by atomic mass is 10.1. The molecule has 0 fully saturated rings. The second-order valence-electron chi connectivity index (χ2n) is 7.27. The van der Waals surface area contributed by atoms with Gasteiger partial charge in [-0.15, -0.1) is 0 Å². The van der Waals surface area contributed by atoms with Gasteiger partial charge in [-0.05, 0) is 6.42 Å². The number of benzene rings is 2. The molecule has 0 aliphatic rings. The quantitative estimate of drug-likeness (QED) is 0.301. The lowest BCUT2D eigenvalue weighted by molar-refractivity contribution is 0.102. The molecule has 2 aromatic carbocycles. The Balaban J connectivity index is 1.64. The molecule has 8 nitrogen and oxygen atoms in total. The number of H-pyrrole nitrogens is 1. The van der Waals surface area contributed by atoms with E-state index in [0.29, 0.717) is 24.4 Å². The summed E-state index contributed by atoms with van der Waals surface area (Å²) in [5.74, 6) is -0.172. The molecule has 4 rings (SSSR count). The number of nitrogens with one attached hydrogen (secondary N) is 1. The lowest BCUT2D eigenvalue weighted by Crippen LogP contribution is -2.36. The third-order valence-corrected chi connectivity index (χ3v) is 5.81. The molecule has 33 heavy (non-hydrogen) atoms. The molecule has 4 aromatic rings. The number of hydrogen-bond donors (Lipinski definition) is 2. The summed E-state index contributed by atoms with van der Waals surface area (Å²) in [7, 11) is 0. The number of carbonyl (C=O) groups excluding carboxylic acids is 1. The Hall–Kier alpha value is -3.85. The number of aromatic nitrogens is 3. The van der Waals surface area contributed by atoms with E-state index in [1.165, 1.54) is 4.57 Å². The zero-order valence-corrected chi connectivity index (χ0v) is 18.7. The number of oxazole rings is 1. The molecule has 0 saturated heterocycles. The van der Waals surface area contributed by atoms with Crippen molar-refractivity contribution >= 4 is 23.4 Å². The van der Waals surface area contributed by atoms with Crippen molar-refractivity contribution in [2.75, 3.05) is 11.5 Å². The number of thioether (sulfide) groups is 1. The van der Waals surface area contributed by atoms with Gasteiger partial charge >= 0.3 is 5.69 Å². The summed E-state index contributed by atoms with van der Waals surface area (Å²) >= 11 is 1.07. The summed E-state index contributed by atoms with van der Waals surface area (Å²) in [5.41, 5.74) is 6.74. The van der Waals surface area contributed by atoms with Crippen LogP contribution >= 0.6 is 11.8 Å². The summed E-state index contributed by atoms with van der Waals surface area (Å²) in [5, 5.41) is 0.290. The molecule has 0 aliphatic carbocycles. The van der Waals surface area contributed by atoms with Gasteiger partial charge in [-0.2, -0.15) is 0 Å². The number of anilines is 1.